The molecule has 3 rings (SSSR count). The Morgan fingerprint density at radius 2 is 1.93 bits per heavy atom. The third-order valence-corrected chi connectivity index (χ3v) is 5.74. The monoisotopic (exact) mass is 423 g/mol. The van der Waals surface area contributed by atoms with Gasteiger partial charge in [-0.1, -0.05) is 48.4 Å². The summed E-state index contributed by atoms with van der Waals surface area (Å²) in [5.74, 6) is 0. The number of benzene rings is 2. The molecule has 0 unspecified atom stereocenters. The van der Waals surface area contributed by atoms with Crippen LogP contribution in [0.1, 0.15) is 42.7 Å². The lowest BCUT2D eigenvalue weighted by atomic mass is 10.1. The third kappa shape index (κ3) is 5.45. The summed E-state index contributed by atoms with van der Waals surface area (Å²) in [6.07, 6.45) is 2.93. The lowest BCUT2D eigenvalue weighted by Gasteiger charge is -2.29. The van der Waals surface area contributed by atoms with Gasteiger partial charge in [0.2, 0.25) is 0 Å². The van der Waals surface area contributed by atoms with E-state index in [1.165, 1.54) is 5.56 Å². The van der Waals surface area contributed by atoms with Gasteiger partial charge in [0.1, 0.15) is 0 Å². The summed E-state index contributed by atoms with van der Waals surface area (Å²) < 4.78 is 2.17. The molecule has 0 aliphatic heterocycles. The van der Waals surface area contributed by atoms with Crippen molar-refractivity contribution in [2.75, 3.05) is 5.32 Å². The Morgan fingerprint density at radius 3 is 2.63 bits per heavy atom. The summed E-state index contributed by atoms with van der Waals surface area (Å²) in [7, 11) is 0. The number of hydrogen-bond acceptors (Lipinski definition) is 1. The average Bonchev–Trinajstić information content (AvgIpc) is 3.14. The number of nitrogens with zero attached hydrogens (tertiary/aromatic N) is 2. The number of rotatable bonds is 7. The van der Waals surface area contributed by atoms with Gasteiger partial charge >= 0.3 is 6.03 Å². The number of hydrogen-bond donors (Lipinski definition) is 1. The van der Waals surface area contributed by atoms with Crippen LogP contribution in [-0.2, 0) is 13.1 Å². The molecule has 1 aromatic heterocycles. The highest BCUT2D eigenvalue weighted by atomic mass is 35.5. The van der Waals surface area contributed by atoms with E-state index >= 15 is 0 Å². The summed E-state index contributed by atoms with van der Waals surface area (Å²) >= 11 is 6.14. The predicted molar refractivity (Wildman–Crippen MR) is 125 cm³/mol. The zero-order chi connectivity index (χ0) is 21.7. The molecule has 2 aromatic carbocycles. The normalized spacial score (nSPS) is 11.9. The zero-order valence-electron chi connectivity index (χ0n) is 18.2. The van der Waals surface area contributed by atoms with Crippen LogP contribution in [0.15, 0.2) is 60.8 Å². The largest absolute Gasteiger partial charge is 0.345 e. The maximum Gasteiger partial charge on any atom is 0.322 e. The molecular weight excluding hydrogens is 394 g/mol. The van der Waals surface area contributed by atoms with E-state index in [1.807, 2.05) is 54.4 Å². The SMILES string of the molecule is CC[C@@H](C)N(Cc1cccn1Cc1cccc(Cl)c1)C(=O)Nc1ccc(C)cc1C. The molecule has 30 heavy (non-hydrogen) atoms. The van der Waals surface area contributed by atoms with Gasteiger partial charge in [-0.05, 0) is 68.7 Å². The summed E-state index contributed by atoms with van der Waals surface area (Å²) in [5, 5.41) is 3.83. The second-order valence-electron chi connectivity index (χ2n) is 7.89. The van der Waals surface area contributed by atoms with Crippen molar-refractivity contribution in [1.82, 2.24) is 9.47 Å². The number of carbonyl (C=O) groups is 1. The first-order valence-electron chi connectivity index (χ1n) is 10.4. The number of urea groups is 1. The first-order valence-corrected chi connectivity index (χ1v) is 10.8. The number of halogens is 1. The fourth-order valence-corrected chi connectivity index (χ4v) is 3.76. The van der Waals surface area contributed by atoms with Gasteiger partial charge in [0, 0.05) is 35.2 Å². The van der Waals surface area contributed by atoms with Crippen molar-refractivity contribution in [3.05, 3.63) is 88.2 Å². The molecule has 0 spiro atoms. The van der Waals surface area contributed by atoms with Crippen molar-refractivity contribution in [3.8, 4) is 0 Å². The van der Waals surface area contributed by atoms with E-state index < -0.39 is 0 Å². The molecule has 0 saturated carbocycles. The van der Waals surface area contributed by atoms with E-state index in [9.17, 15) is 4.79 Å². The van der Waals surface area contributed by atoms with Gasteiger partial charge in [-0.15, -0.1) is 0 Å². The fraction of sp³-hybridized carbons (Fsp3) is 0.320. The van der Waals surface area contributed by atoms with E-state index in [0.29, 0.717) is 6.54 Å². The van der Waals surface area contributed by atoms with Crippen LogP contribution in [0.5, 0.6) is 0 Å². The lowest BCUT2D eigenvalue weighted by molar-refractivity contribution is 0.185. The van der Waals surface area contributed by atoms with Crippen LogP contribution < -0.4 is 5.32 Å². The van der Waals surface area contributed by atoms with Crippen LogP contribution in [0.2, 0.25) is 5.02 Å². The Morgan fingerprint density at radius 1 is 1.13 bits per heavy atom. The van der Waals surface area contributed by atoms with Gasteiger partial charge in [0.25, 0.3) is 0 Å². The van der Waals surface area contributed by atoms with Crippen molar-refractivity contribution in [1.29, 1.82) is 0 Å². The van der Waals surface area contributed by atoms with Crippen molar-refractivity contribution in [2.45, 2.75) is 53.2 Å². The minimum absolute atomic E-state index is 0.0770. The smallest absolute Gasteiger partial charge is 0.322 e. The van der Waals surface area contributed by atoms with Crippen LogP contribution in [0, 0.1) is 13.8 Å². The predicted octanol–water partition coefficient (Wildman–Crippen LogP) is 6.64. The van der Waals surface area contributed by atoms with Crippen LogP contribution in [0.4, 0.5) is 10.5 Å². The topological polar surface area (TPSA) is 37.3 Å². The molecule has 2 amide bonds. The van der Waals surface area contributed by atoms with Crippen LogP contribution in [0.25, 0.3) is 0 Å². The van der Waals surface area contributed by atoms with Crippen molar-refractivity contribution in [2.24, 2.45) is 0 Å². The molecule has 0 aliphatic rings. The standard InChI is InChI=1S/C25H30ClN3O/c1-5-20(4)29(25(30)27-24-12-11-18(2)14-19(24)3)17-23-10-7-13-28(23)16-21-8-6-9-22(26)15-21/h6-15,20H,5,16-17H2,1-4H3,(H,27,30)/t20-/m1/s1. The molecule has 158 valence electrons. The summed E-state index contributed by atoms with van der Waals surface area (Å²) in [5.41, 5.74) is 5.33. The number of anilines is 1. The molecular formula is C25H30ClN3O. The molecule has 0 radical (unpaired) electrons. The van der Waals surface area contributed by atoms with Crippen LogP contribution >= 0.6 is 11.6 Å². The van der Waals surface area contributed by atoms with E-state index in [0.717, 1.165) is 40.5 Å². The van der Waals surface area contributed by atoms with Gasteiger partial charge in [-0.3, -0.25) is 0 Å². The summed E-state index contributed by atoms with van der Waals surface area (Å²) in [4.78, 5) is 15.1. The molecule has 0 bridgehead atoms. The van der Waals surface area contributed by atoms with Gasteiger partial charge in [0.05, 0.1) is 6.54 Å². The van der Waals surface area contributed by atoms with Crippen LogP contribution in [-0.4, -0.2) is 21.5 Å². The molecule has 0 saturated heterocycles. The third-order valence-electron chi connectivity index (χ3n) is 5.51. The highest BCUT2D eigenvalue weighted by Gasteiger charge is 2.21. The quantitative estimate of drug-likeness (QED) is 0.454. The Balaban J connectivity index is 1.78. The second-order valence-corrected chi connectivity index (χ2v) is 8.33. The fourth-order valence-electron chi connectivity index (χ4n) is 3.54. The number of nitrogens with one attached hydrogen (secondary N) is 1. The van der Waals surface area contributed by atoms with Gasteiger partial charge in [-0.25, -0.2) is 4.79 Å². The zero-order valence-corrected chi connectivity index (χ0v) is 18.9. The highest BCUT2D eigenvalue weighted by Crippen LogP contribution is 2.20. The van der Waals surface area contributed by atoms with Gasteiger partial charge < -0.3 is 14.8 Å². The van der Waals surface area contributed by atoms with E-state index in [1.54, 1.807) is 0 Å². The first kappa shape index (κ1) is 22.0. The number of carbonyl (C=O) groups excluding carboxylic acids is 1. The maximum absolute atomic E-state index is 13.2. The van der Waals surface area contributed by atoms with E-state index in [2.05, 4.69) is 48.9 Å². The molecule has 1 atom stereocenters. The Labute approximate surface area is 184 Å². The average molecular weight is 424 g/mol. The first-order chi connectivity index (χ1) is 14.4. The highest BCUT2D eigenvalue weighted by molar-refractivity contribution is 6.30. The summed E-state index contributed by atoms with van der Waals surface area (Å²) in [6.45, 7) is 9.53. The number of amides is 2. The summed E-state index contributed by atoms with van der Waals surface area (Å²) in [6, 6.07) is 18.1. The molecule has 1 N–H and O–H groups in total. The van der Waals surface area contributed by atoms with E-state index in [4.69, 9.17) is 11.6 Å². The van der Waals surface area contributed by atoms with E-state index in [-0.39, 0.29) is 12.1 Å². The van der Waals surface area contributed by atoms with Crippen molar-refractivity contribution < 1.29 is 4.79 Å². The molecule has 4 nitrogen and oxygen atoms in total. The van der Waals surface area contributed by atoms with Crippen molar-refractivity contribution >= 4 is 23.3 Å². The van der Waals surface area contributed by atoms with Gasteiger partial charge in [-0.2, -0.15) is 0 Å². The maximum atomic E-state index is 13.2. The number of aromatic nitrogens is 1. The minimum atomic E-state index is -0.0770. The van der Waals surface area contributed by atoms with Gasteiger partial charge in [0.15, 0.2) is 0 Å². The molecule has 3 aromatic rings. The molecule has 0 aliphatic carbocycles. The van der Waals surface area contributed by atoms with Crippen molar-refractivity contribution in [3.63, 3.8) is 0 Å². The second kappa shape index (κ2) is 9.86. The Kier molecular flexibility index (Phi) is 7.22. The number of aryl methyl sites for hydroxylation is 2. The molecule has 0 fully saturated rings. The lowest BCUT2D eigenvalue weighted by Crippen LogP contribution is -2.41. The Bertz CT molecular complexity index is 1010. The minimum Gasteiger partial charge on any atom is -0.345 e. The Hall–Kier alpha value is -2.72. The molecule has 5 heteroatoms. The molecule has 1 heterocycles. The van der Waals surface area contributed by atoms with Crippen LogP contribution in [0.3, 0.4) is 0 Å².